The third-order valence-electron chi connectivity index (χ3n) is 3.68. The van der Waals surface area contributed by atoms with E-state index in [9.17, 15) is 9.59 Å². The lowest BCUT2D eigenvalue weighted by atomic mass is 10.2. The van der Waals surface area contributed by atoms with Crippen molar-refractivity contribution in [3.05, 3.63) is 11.8 Å². The van der Waals surface area contributed by atoms with Crippen LogP contribution in [0.3, 0.4) is 0 Å². The van der Waals surface area contributed by atoms with Gasteiger partial charge in [0.1, 0.15) is 5.56 Å². The minimum absolute atomic E-state index is 0.0162. The molecule has 0 aliphatic carbocycles. The molecule has 1 fully saturated rings. The molecule has 0 spiro atoms. The van der Waals surface area contributed by atoms with Gasteiger partial charge in [0, 0.05) is 59.4 Å². The lowest BCUT2D eigenvalue weighted by Gasteiger charge is -2.34. The van der Waals surface area contributed by atoms with E-state index in [1.807, 2.05) is 4.90 Å². The van der Waals surface area contributed by atoms with Crippen molar-refractivity contribution in [1.82, 2.24) is 24.9 Å². The molecule has 0 saturated carbocycles. The number of hydrogen-bond acceptors (Lipinski definition) is 5. The third kappa shape index (κ3) is 3.97. The van der Waals surface area contributed by atoms with Gasteiger partial charge < -0.3 is 15.0 Å². The lowest BCUT2D eigenvalue weighted by molar-refractivity contribution is -0.119. The molecule has 2 rings (SSSR count). The first-order valence-corrected chi connectivity index (χ1v) is 7.35. The van der Waals surface area contributed by atoms with Gasteiger partial charge in [-0.1, -0.05) is 0 Å². The molecule has 1 aliphatic heterocycles. The third-order valence-corrected chi connectivity index (χ3v) is 3.68. The van der Waals surface area contributed by atoms with Gasteiger partial charge in [-0.2, -0.15) is 0 Å². The molecule has 0 radical (unpaired) electrons. The monoisotopic (exact) mass is 309 g/mol. The number of rotatable bonds is 5. The van der Waals surface area contributed by atoms with Crippen molar-refractivity contribution in [2.45, 2.75) is 6.92 Å². The summed E-state index contributed by atoms with van der Waals surface area (Å²) in [6, 6.07) is 0. The van der Waals surface area contributed by atoms with Gasteiger partial charge in [0.05, 0.1) is 7.11 Å². The summed E-state index contributed by atoms with van der Waals surface area (Å²) in [6.45, 7) is 5.88. The van der Waals surface area contributed by atoms with Gasteiger partial charge in [-0.3, -0.25) is 19.2 Å². The molecule has 0 bridgehead atoms. The normalized spacial score (nSPS) is 15.7. The van der Waals surface area contributed by atoms with Crippen LogP contribution in [0.15, 0.2) is 6.20 Å². The highest BCUT2D eigenvalue weighted by Crippen LogP contribution is 2.18. The molecular weight excluding hydrogens is 286 g/mol. The summed E-state index contributed by atoms with van der Waals surface area (Å²) < 4.78 is 6.72. The molecule has 1 saturated heterocycles. The second kappa shape index (κ2) is 7.26. The fraction of sp³-hybridized carbons (Fsp3) is 0.643. The van der Waals surface area contributed by atoms with E-state index in [2.05, 4.69) is 15.3 Å². The highest BCUT2D eigenvalue weighted by Gasteiger charge is 2.25. The van der Waals surface area contributed by atoms with E-state index in [4.69, 9.17) is 4.74 Å². The Balaban J connectivity index is 1.85. The van der Waals surface area contributed by atoms with Gasteiger partial charge in [-0.15, -0.1) is 5.10 Å². The summed E-state index contributed by atoms with van der Waals surface area (Å²) in [5.74, 6) is 0.296. The smallest absolute Gasteiger partial charge is 0.261 e. The zero-order valence-electron chi connectivity index (χ0n) is 13.3. The highest BCUT2D eigenvalue weighted by molar-refractivity contribution is 5.96. The number of nitrogens with one attached hydrogen (secondary N) is 1. The molecule has 1 aromatic rings. The van der Waals surface area contributed by atoms with E-state index >= 15 is 0 Å². The molecule has 2 amide bonds. The van der Waals surface area contributed by atoms with Crippen LogP contribution in [-0.4, -0.2) is 77.8 Å². The molecule has 0 aromatic carbocycles. The van der Waals surface area contributed by atoms with Gasteiger partial charge in [0.25, 0.3) is 5.91 Å². The summed E-state index contributed by atoms with van der Waals surface area (Å²) in [5.41, 5.74) is 0.497. The molecule has 2 heterocycles. The molecule has 1 N–H and O–H groups in total. The Morgan fingerprint density at radius 2 is 2.00 bits per heavy atom. The van der Waals surface area contributed by atoms with Crippen molar-refractivity contribution in [2.75, 3.05) is 46.4 Å². The largest absolute Gasteiger partial charge is 0.479 e. The number of amides is 2. The van der Waals surface area contributed by atoms with E-state index in [0.717, 1.165) is 19.6 Å². The number of ether oxygens (including phenoxy) is 1. The van der Waals surface area contributed by atoms with E-state index in [1.165, 1.54) is 14.0 Å². The second-order valence-electron chi connectivity index (χ2n) is 5.34. The fourth-order valence-corrected chi connectivity index (χ4v) is 2.50. The first-order chi connectivity index (χ1) is 10.5. The van der Waals surface area contributed by atoms with Gasteiger partial charge >= 0.3 is 0 Å². The number of nitrogens with zero attached hydrogens (tertiary/aromatic N) is 4. The first kappa shape index (κ1) is 16.3. The second-order valence-corrected chi connectivity index (χ2v) is 5.34. The van der Waals surface area contributed by atoms with Crippen LogP contribution in [0.5, 0.6) is 5.88 Å². The van der Waals surface area contributed by atoms with E-state index in [1.54, 1.807) is 17.9 Å². The van der Waals surface area contributed by atoms with Crippen molar-refractivity contribution >= 4 is 11.8 Å². The van der Waals surface area contributed by atoms with Crippen molar-refractivity contribution in [2.24, 2.45) is 7.05 Å². The zero-order chi connectivity index (χ0) is 16.1. The number of hydrogen-bond donors (Lipinski definition) is 1. The van der Waals surface area contributed by atoms with Crippen LogP contribution in [0.2, 0.25) is 0 Å². The average Bonchev–Trinajstić information content (AvgIpc) is 2.88. The number of aryl methyl sites for hydroxylation is 1. The molecule has 122 valence electrons. The standard InChI is InChI=1S/C14H23N5O3/c1-11(20)15-4-5-18-6-8-19(9-7-18)14(21)12-10-17(2)16-13(12)22-3/h10H,4-9H2,1-3H3,(H,15,20). The van der Waals surface area contributed by atoms with Crippen LogP contribution in [0.4, 0.5) is 0 Å². The minimum atomic E-state index is -0.0496. The summed E-state index contributed by atoms with van der Waals surface area (Å²) in [6.07, 6.45) is 1.68. The number of methoxy groups -OCH3 is 1. The summed E-state index contributed by atoms with van der Waals surface area (Å²) in [4.78, 5) is 27.4. The maximum atomic E-state index is 12.5. The lowest BCUT2D eigenvalue weighted by Crippen LogP contribution is -2.50. The maximum absolute atomic E-state index is 12.5. The van der Waals surface area contributed by atoms with Gasteiger partial charge in [-0.25, -0.2) is 0 Å². The Kier molecular flexibility index (Phi) is 5.37. The Labute approximate surface area is 130 Å². The summed E-state index contributed by atoms with van der Waals surface area (Å²) in [7, 11) is 3.28. The summed E-state index contributed by atoms with van der Waals surface area (Å²) in [5, 5.41) is 6.90. The van der Waals surface area contributed by atoms with Crippen LogP contribution in [0, 0.1) is 0 Å². The molecule has 22 heavy (non-hydrogen) atoms. The molecule has 1 aromatic heterocycles. The number of carbonyl (C=O) groups excluding carboxylic acids is 2. The number of aromatic nitrogens is 2. The maximum Gasteiger partial charge on any atom is 0.261 e. The average molecular weight is 309 g/mol. The van der Waals surface area contributed by atoms with Crippen LogP contribution < -0.4 is 10.1 Å². The summed E-state index contributed by atoms with van der Waals surface area (Å²) >= 11 is 0. The molecule has 8 heteroatoms. The van der Waals surface area contributed by atoms with E-state index < -0.39 is 0 Å². The van der Waals surface area contributed by atoms with Gasteiger partial charge in [0.15, 0.2) is 0 Å². The molecular formula is C14H23N5O3. The highest BCUT2D eigenvalue weighted by atomic mass is 16.5. The fourth-order valence-electron chi connectivity index (χ4n) is 2.50. The van der Waals surface area contributed by atoms with E-state index in [-0.39, 0.29) is 11.8 Å². The van der Waals surface area contributed by atoms with Gasteiger partial charge in [-0.05, 0) is 0 Å². The van der Waals surface area contributed by atoms with Crippen LogP contribution in [0.1, 0.15) is 17.3 Å². The molecule has 0 unspecified atom stereocenters. The Hall–Kier alpha value is -2.09. The SMILES string of the molecule is COc1nn(C)cc1C(=O)N1CCN(CCNC(C)=O)CC1. The zero-order valence-corrected chi connectivity index (χ0v) is 13.3. The van der Waals surface area contributed by atoms with E-state index in [0.29, 0.717) is 31.1 Å². The Morgan fingerprint density at radius 3 is 2.59 bits per heavy atom. The van der Waals surface area contributed by atoms with Crippen LogP contribution in [0.25, 0.3) is 0 Å². The molecule has 8 nitrogen and oxygen atoms in total. The first-order valence-electron chi connectivity index (χ1n) is 7.35. The van der Waals surface area contributed by atoms with Crippen molar-refractivity contribution < 1.29 is 14.3 Å². The minimum Gasteiger partial charge on any atom is -0.479 e. The molecule has 0 atom stereocenters. The Morgan fingerprint density at radius 1 is 1.32 bits per heavy atom. The van der Waals surface area contributed by atoms with Crippen LogP contribution in [-0.2, 0) is 11.8 Å². The number of piperazine rings is 1. The van der Waals surface area contributed by atoms with Crippen molar-refractivity contribution in [1.29, 1.82) is 0 Å². The topological polar surface area (TPSA) is 79.7 Å². The van der Waals surface area contributed by atoms with Crippen molar-refractivity contribution in [3.63, 3.8) is 0 Å². The Bertz CT molecular complexity index is 535. The quantitative estimate of drug-likeness (QED) is 0.780. The van der Waals surface area contributed by atoms with Crippen LogP contribution >= 0.6 is 0 Å². The predicted molar refractivity (Wildman–Crippen MR) is 80.8 cm³/mol. The van der Waals surface area contributed by atoms with Crippen molar-refractivity contribution in [3.8, 4) is 5.88 Å². The number of carbonyl (C=O) groups is 2. The molecule has 1 aliphatic rings. The predicted octanol–water partition coefficient (Wildman–Crippen LogP) is -0.677. The van der Waals surface area contributed by atoms with Gasteiger partial charge in [0.2, 0.25) is 11.8 Å².